The van der Waals surface area contributed by atoms with E-state index in [1.807, 2.05) is 42.3 Å². The summed E-state index contributed by atoms with van der Waals surface area (Å²) in [5.74, 6) is 1.18. The first kappa shape index (κ1) is 20.7. The van der Waals surface area contributed by atoms with E-state index in [2.05, 4.69) is 28.5 Å². The Kier molecular flexibility index (Phi) is 6.44. The molecule has 152 valence electrons. The van der Waals surface area contributed by atoms with Gasteiger partial charge in [0.05, 0.1) is 16.1 Å². The maximum absolute atomic E-state index is 12.1. The number of H-pyrrole nitrogens is 1. The topological polar surface area (TPSA) is 62.1 Å². The van der Waals surface area contributed by atoms with Crippen LogP contribution in [0.4, 0.5) is 0 Å². The number of aromatic amines is 1. The van der Waals surface area contributed by atoms with Gasteiger partial charge < -0.3 is 10.7 Å². The van der Waals surface area contributed by atoms with Crippen LogP contribution in [0.2, 0.25) is 5.02 Å². The fourth-order valence-electron chi connectivity index (χ4n) is 3.95. The third kappa shape index (κ3) is 4.45. The lowest BCUT2D eigenvalue weighted by atomic mass is 9.89. The second-order valence-electron chi connectivity index (χ2n) is 7.16. The number of halogens is 1. The smallest absolute Gasteiger partial charge is 0.250 e. The summed E-state index contributed by atoms with van der Waals surface area (Å²) in [5, 5.41) is 1.80. The first-order valence-corrected chi connectivity index (χ1v) is 12.0. The van der Waals surface area contributed by atoms with Crippen LogP contribution in [0.25, 0.3) is 10.9 Å². The molecule has 2 heterocycles. The average Bonchev–Trinajstić information content (AvgIpc) is 3.14. The number of carbonyl (C=O) groups excluding carboxylic acids is 1. The Bertz CT molecular complexity index is 1030. The molecule has 4 nitrogen and oxygen atoms in total. The molecule has 2 aromatic carbocycles. The molecule has 0 unspecified atom stereocenters. The zero-order chi connectivity index (χ0) is 20.4. The summed E-state index contributed by atoms with van der Waals surface area (Å²) in [7, 11) is 0. The number of aromatic nitrogens is 1. The van der Waals surface area contributed by atoms with E-state index in [-0.39, 0.29) is 0 Å². The number of amides is 1. The molecule has 7 heteroatoms. The zero-order valence-corrected chi connectivity index (χ0v) is 18.7. The fourth-order valence-corrected chi connectivity index (χ4v) is 5.96. The van der Waals surface area contributed by atoms with Crippen LogP contribution in [0.5, 0.6) is 0 Å². The second kappa shape index (κ2) is 9.04. The average molecular weight is 446 g/mol. The van der Waals surface area contributed by atoms with Crippen molar-refractivity contribution in [2.75, 3.05) is 18.8 Å². The van der Waals surface area contributed by atoms with Crippen molar-refractivity contribution in [3.8, 4) is 0 Å². The molecule has 3 aromatic rings. The molecule has 4 rings (SSSR count). The van der Waals surface area contributed by atoms with Crippen molar-refractivity contribution >= 4 is 52.1 Å². The highest BCUT2D eigenvalue weighted by molar-refractivity contribution is 7.99. The molecule has 1 aliphatic heterocycles. The minimum Gasteiger partial charge on any atom is -0.366 e. The number of nitrogens with one attached hydrogen (secondary N) is 1. The Morgan fingerprint density at radius 2 is 2.03 bits per heavy atom. The molecule has 0 radical (unpaired) electrons. The lowest BCUT2D eigenvalue weighted by Gasteiger charge is -2.30. The summed E-state index contributed by atoms with van der Waals surface area (Å²) in [6, 6.07) is 11.8. The van der Waals surface area contributed by atoms with Crippen molar-refractivity contribution in [1.29, 1.82) is 0 Å². The van der Waals surface area contributed by atoms with Crippen LogP contribution in [-0.4, -0.2) is 34.0 Å². The van der Waals surface area contributed by atoms with Gasteiger partial charge in [-0.05, 0) is 48.6 Å². The minimum absolute atomic E-state index is 0.417. The standard InChI is InChI=1S/C22H24ClN3OS2/c1-2-28-26-9-7-14(8-10-26)18-13-25-21-16(18)11-15(12-17(21)22(24)27)29-20-6-4-3-5-19(20)23/h3-6,11-14,25H,2,7-10H2,1H3,(H2,24,27). The van der Waals surface area contributed by atoms with Gasteiger partial charge in [0.1, 0.15) is 0 Å². The number of nitrogens with two attached hydrogens (primary N) is 1. The van der Waals surface area contributed by atoms with Crippen molar-refractivity contribution in [1.82, 2.24) is 9.29 Å². The van der Waals surface area contributed by atoms with Crippen molar-refractivity contribution in [3.63, 3.8) is 0 Å². The van der Waals surface area contributed by atoms with Gasteiger partial charge in [-0.1, -0.05) is 54.4 Å². The number of piperidine rings is 1. The third-order valence-corrected chi connectivity index (χ3v) is 7.81. The quantitative estimate of drug-likeness (QED) is 0.462. The van der Waals surface area contributed by atoms with E-state index >= 15 is 0 Å². The Morgan fingerprint density at radius 1 is 1.28 bits per heavy atom. The Hall–Kier alpha value is -1.60. The molecule has 29 heavy (non-hydrogen) atoms. The molecule has 1 fully saturated rings. The predicted molar refractivity (Wildman–Crippen MR) is 124 cm³/mol. The second-order valence-corrected chi connectivity index (χ2v) is 10.0. The first-order valence-electron chi connectivity index (χ1n) is 9.82. The number of fused-ring (bicyclic) bond motifs is 1. The molecule has 1 amide bonds. The van der Waals surface area contributed by atoms with Crippen LogP contribution in [-0.2, 0) is 0 Å². The fraction of sp³-hybridized carbons (Fsp3) is 0.318. The van der Waals surface area contributed by atoms with Crippen LogP contribution in [0.15, 0.2) is 52.4 Å². The number of rotatable bonds is 6. The van der Waals surface area contributed by atoms with Gasteiger partial charge in [0.25, 0.3) is 5.91 Å². The molecule has 0 saturated carbocycles. The van der Waals surface area contributed by atoms with Gasteiger partial charge >= 0.3 is 0 Å². The lowest BCUT2D eigenvalue weighted by Crippen LogP contribution is -2.27. The van der Waals surface area contributed by atoms with Crippen LogP contribution < -0.4 is 5.73 Å². The maximum atomic E-state index is 12.1. The Balaban J connectivity index is 1.69. The summed E-state index contributed by atoms with van der Waals surface area (Å²) in [5.41, 5.74) is 8.35. The lowest BCUT2D eigenvalue weighted by molar-refractivity contribution is 0.100. The Labute approximate surface area is 184 Å². The summed E-state index contributed by atoms with van der Waals surface area (Å²) in [6.07, 6.45) is 4.30. The van der Waals surface area contributed by atoms with E-state index in [1.165, 1.54) is 5.56 Å². The van der Waals surface area contributed by atoms with Crippen LogP contribution in [0, 0.1) is 0 Å². The maximum Gasteiger partial charge on any atom is 0.250 e. The van der Waals surface area contributed by atoms with E-state index in [1.54, 1.807) is 11.8 Å². The van der Waals surface area contributed by atoms with Crippen molar-refractivity contribution in [3.05, 3.63) is 58.7 Å². The molecule has 3 N–H and O–H groups in total. The number of primary amides is 1. The zero-order valence-electron chi connectivity index (χ0n) is 16.3. The number of hydrogen-bond acceptors (Lipinski definition) is 4. The van der Waals surface area contributed by atoms with E-state index < -0.39 is 5.91 Å². The van der Waals surface area contributed by atoms with Crippen molar-refractivity contribution in [2.45, 2.75) is 35.5 Å². The van der Waals surface area contributed by atoms with Gasteiger partial charge in [-0.2, -0.15) is 0 Å². The number of carbonyl (C=O) groups is 1. The third-order valence-electron chi connectivity index (χ3n) is 5.33. The highest BCUT2D eigenvalue weighted by atomic mass is 35.5. The van der Waals surface area contributed by atoms with Gasteiger partial charge in [0, 0.05) is 40.2 Å². The van der Waals surface area contributed by atoms with Crippen LogP contribution in [0.3, 0.4) is 0 Å². The van der Waals surface area contributed by atoms with Crippen LogP contribution in [0.1, 0.15) is 41.6 Å². The van der Waals surface area contributed by atoms with Crippen LogP contribution >= 0.6 is 35.3 Å². The van der Waals surface area contributed by atoms with E-state index in [9.17, 15) is 4.79 Å². The molecule has 1 aliphatic rings. The summed E-state index contributed by atoms with van der Waals surface area (Å²) >= 11 is 9.82. The van der Waals surface area contributed by atoms with Crippen molar-refractivity contribution in [2.24, 2.45) is 5.73 Å². The normalized spacial score (nSPS) is 15.8. The van der Waals surface area contributed by atoms with E-state index in [4.69, 9.17) is 17.3 Å². The van der Waals surface area contributed by atoms with Gasteiger partial charge in [0.15, 0.2) is 0 Å². The molecule has 1 saturated heterocycles. The van der Waals surface area contributed by atoms with Gasteiger partial charge in [0.2, 0.25) is 0 Å². The molecule has 0 aliphatic carbocycles. The minimum atomic E-state index is -0.417. The van der Waals surface area contributed by atoms with E-state index in [0.717, 1.165) is 52.4 Å². The molecular formula is C22H24ClN3OS2. The highest BCUT2D eigenvalue weighted by Gasteiger charge is 2.24. The highest BCUT2D eigenvalue weighted by Crippen LogP contribution is 2.40. The molecule has 0 atom stereocenters. The van der Waals surface area contributed by atoms with Gasteiger partial charge in [-0.15, -0.1) is 0 Å². The molecule has 1 aromatic heterocycles. The van der Waals surface area contributed by atoms with Gasteiger partial charge in [-0.25, -0.2) is 0 Å². The Morgan fingerprint density at radius 3 is 2.72 bits per heavy atom. The summed E-state index contributed by atoms with van der Waals surface area (Å²) in [6.45, 7) is 4.37. The molecule has 0 spiro atoms. The monoisotopic (exact) mass is 445 g/mol. The number of hydrogen-bond donors (Lipinski definition) is 2. The summed E-state index contributed by atoms with van der Waals surface area (Å²) < 4.78 is 2.46. The predicted octanol–water partition coefficient (Wildman–Crippen LogP) is 5.92. The summed E-state index contributed by atoms with van der Waals surface area (Å²) in [4.78, 5) is 17.4. The number of nitrogens with zero attached hydrogens (tertiary/aromatic N) is 1. The van der Waals surface area contributed by atoms with Gasteiger partial charge in [-0.3, -0.25) is 9.10 Å². The van der Waals surface area contributed by atoms with Crippen molar-refractivity contribution < 1.29 is 4.79 Å². The first-order chi connectivity index (χ1) is 14.1. The number of benzene rings is 2. The van der Waals surface area contributed by atoms with E-state index in [0.29, 0.717) is 16.5 Å². The molecular weight excluding hydrogens is 422 g/mol. The molecule has 0 bridgehead atoms. The SMILES string of the molecule is CCSN1CCC(c2c[nH]c3c(C(N)=O)cc(Sc4ccccc4Cl)cc23)CC1. The largest absolute Gasteiger partial charge is 0.366 e.